The Labute approximate surface area is 152 Å². The molecule has 0 aliphatic carbocycles. The molecule has 7 heteroatoms. The zero-order chi connectivity index (χ0) is 17.9. The van der Waals surface area contributed by atoms with Crippen LogP contribution in [0.4, 0.5) is 0 Å². The Kier molecular flexibility index (Phi) is 9.76. The minimum Gasteiger partial charge on any atom is -0.466 e. The van der Waals surface area contributed by atoms with Crippen molar-refractivity contribution in [3.05, 3.63) is 33.8 Å². The highest BCUT2D eigenvalue weighted by Crippen LogP contribution is 2.23. The van der Waals surface area contributed by atoms with Crippen molar-refractivity contribution in [1.29, 1.82) is 0 Å². The molecular formula is C17H23Cl2NO4. The number of hydrogen-bond donors (Lipinski definition) is 0. The summed E-state index contributed by atoms with van der Waals surface area (Å²) in [7, 11) is 0. The predicted molar refractivity (Wildman–Crippen MR) is 94.7 cm³/mol. The van der Waals surface area contributed by atoms with Gasteiger partial charge in [-0.05, 0) is 38.5 Å². The quantitative estimate of drug-likeness (QED) is 0.460. The van der Waals surface area contributed by atoms with Crippen molar-refractivity contribution in [1.82, 2.24) is 4.90 Å². The summed E-state index contributed by atoms with van der Waals surface area (Å²) in [5.41, 5.74) is 0.435. The van der Waals surface area contributed by atoms with E-state index in [1.807, 2.05) is 6.92 Å². The molecule has 0 radical (unpaired) electrons. The third-order valence-corrected chi connectivity index (χ3v) is 4.00. The normalized spacial score (nSPS) is 10.5. The molecule has 0 bridgehead atoms. The summed E-state index contributed by atoms with van der Waals surface area (Å²) >= 11 is 11.9. The molecule has 1 amide bonds. The first-order valence-corrected chi connectivity index (χ1v) is 8.72. The molecule has 134 valence electrons. The highest BCUT2D eigenvalue weighted by molar-refractivity contribution is 6.42. The van der Waals surface area contributed by atoms with Crippen LogP contribution in [-0.4, -0.2) is 49.7 Å². The monoisotopic (exact) mass is 375 g/mol. The van der Waals surface area contributed by atoms with Crippen molar-refractivity contribution >= 4 is 35.1 Å². The molecule has 24 heavy (non-hydrogen) atoms. The Morgan fingerprint density at radius 2 is 1.83 bits per heavy atom. The van der Waals surface area contributed by atoms with Crippen molar-refractivity contribution in [2.24, 2.45) is 0 Å². The molecule has 1 aromatic rings. The number of carbonyl (C=O) groups excluding carboxylic acids is 2. The van der Waals surface area contributed by atoms with E-state index in [2.05, 4.69) is 0 Å². The highest BCUT2D eigenvalue weighted by atomic mass is 35.5. The summed E-state index contributed by atoms with van der Waals surface area (Å²) in [5, 5.41) is 0.713. The first kappa shape index (κ1) is 20.7. The lowest BCUT2D eigenvalue weighted by Gasteiger charge is -2.22. The third-order valence-electron chi connectivity index (χ3n) is 3.27. The highest BCUT2D eigenvalue weighted by Gasteiger charge is 2.18. The summed E-state index contributed by atoms with van der Waals surface area (Å²) in [6.45, 7) is 5.94. The number of amides is 1. The maximum absolute atomic E-state index is 12.7. The van der Waals surface area contributed by atoms with Crippen molar-refractivity contribution in [3.63, 3.8) is 0 Å². The Bertz CT molecular complexity index is 551. The number of nitrogens with zero attached hydrogens (tertiary/aromatic N) is 1. The molecule has 0 saturated heterocycles. The van der Waals surface area contributed by atoms with Gasteiger partial charge < -0.3 is 14.4 Å². The van der Waals surface area contributed by atoms with E-state index < -0.39 is 0 Å². The van der Waals surface area contributed by atoms with E-state index in [0.29, 0.717) is 48.4 Å². The van der Waals surface area contributed by atoms with Gasteiger partial charge in [-0.1, -0.05) is 23.2 Å². The van der Waals surface area contributed by atoms with Crippen LogP contribution in [0, 0.1) is 0 Å². The van der Waals surface area contributed by atoms with Crippen LogP contribution in [0.3, 0.4) is 0 Å². The van der Waals surface area contributed by atoms with Gasteiger partial charge in [0.1, 0.15) is 0 Å². The molecule has 0 heterocycles. The SMILES string of the molecule is CCOCCCN(CCC(=O)OCC)C(=O)c1ccc(Cl)c(Cl)c1. The van der Waals surface area contributed by atoms with Gasteiger partial charge in [-0.15, -0.1) is 0 Å². The summed E-state index contributed by atoms with van der Waals surface area (Å²) in [4.78, 5) is 25.8. The average molecular weight is 376 g/mol. The largest absolute Gasteiger partial charge is 0.466 e. The number of carbonyl (C=O) groups is 2. The van der Waals surface area contributed by atoms with E-state index in [1.54, 1.807) is 24.0 Å². The summed E-state index contributed by atoms with van der Waals surface area (Å²) in [6, 6.07) is 4.74. The number of rotatable bonds is 10. The standard InChI is InChI=1S/C17H23Cl2NO4/c1-3-23-11-5-9-20(10-8-16(21)24-4-2)17(22)13-6-7-14(18)15(19)12-13/h6-7,12H,3-5,8-11H2,1-2H3. The number of hydrogen-bond acceptors (Lipinski definition) is 4. The molecule has 5 nitrogen and oxygen atoms in total. The van der Waals surface area contributed by atoms with Gasteiger partial charge in [-0.3, -0.25) is 9.59 Å². The van der Waals surface area contributed by atoms with Crippen molar-refractivity contribution < 1.29 is 19.1 Å². The van der Waals surface area contributed by atoms with Gasteiger partial charge in [-0.2, -0.15) is 0 Å². The second-order valence-electron chi connectivity index (χ2n) is 5.03. The van der Waals surface area contributed by atoms with Crippen LogP contribution < -0.4 is 0 Å². The molecule has 0 aliphatic rings. The van der Waals surface area contributed by atoms with Crippen molar-refractivity contribution in [2.75, 3.05) is 32.9 Å². The van der Waals surface area contributed by atoms with Gasteiger partial charge in [-0.25, -0.2) is 0 Å². The van der Waals surface area contributed by atoms with Crippen LogP contribution in [0.25, 0.3) is 0 Å². The summed E-state index contributed by atoms with van der Waals surface area (Å²) in [6.07, 6.45) is 0.833. The Hall–Kier alpha value is -1.30. The lowest BCUT2D eigenvalue weighted by Crippen LogP contribution is -2.34. The molecule has 0 aromatic heterocycles. The molecule has 1 rings (SSSR count). The number of esters is 1. The number of halogens is 2. The van der Waals surface area contributed by atoms with E-state index in [9.17, 15) is 9.59 Å². The molecule has 0 N–H and O–H groups in total. The molecule has 0 atom stereocenters. The minimum atomic E-state index is -0.325. The van der Waals surface area contributed by atoms with Gasteiger partial charge in [0.25, 0.3) is 5.91 Å². The molecule has 0 unspecified atom stereocenters. The van der Waals surface area contributed by atoms with Gasteiger partial charge in [0, 0.05) is 31.9 Å². The van der Waals surface area contributed by atoms with E-state index >= 15 is 0 Å². The van der Waals surface area contributed by atoms with Gasteiger partial charge in [0.2, 0.25) is 0 Å². The van der Waals surface area contributed by atoms with Crippen LogP contribution >= 0.6 is 23.2 Å². The molecule has 1 aromatic carbocycles. The van der Waals surface area contributed by atoms with Crippen LogP contribution in [0.15, 0.2) is 18.2 Å². The van der Waals surface area contributed by atoms with Gasteiger partial charge in [0.05, 0.1) is 23.1 Å². The van der Waals surface area contributed by atoms with E-state index in [4.69, 9.17) is 32.7 Å². The maximum atomic E-state index is 12.7. The molecule has 0 fully saturated rings. The predicted octanol–water partition coefficient (Wildman–Crippen LogP) is 3.82. The molecular weight excluding hydrogens is 353 g/mol. The second-order valence-corrected chi connectivity index (χ2v) is 5.84. The first-order valence-electron chi connectivity index (χ1n) is 7.97. The summed E-state index contributed by atoms with van der Waals surface area (Å²) in [5.74, 6) is -0.524. The maximum Gasteiger partial charge on any atom is 0.307 e. The van der Waals surface area contributed by atoms with E-state index in [0.717, 1.165) is 0 Å². The fourth-order valence-corrected chi connectivity index (χ4v) is 2.39. The Morgan fingerprint density at radius 3 is 2.46 bits per heavy atom. The fourth-order valence-electron chi connectivity index (χ4n) is 2.09. The first-order chi connectivity index (χ1) is 11.5. The lowest BCUT2D eigenvalue weighted by atomic mass is 10.2. The van der Waals surface area contributed by atoms with Crippen LogP contribution in [0.2, 0.25) is 10.0 Å². The average Bonchev–Trinajstić information content (AvgIpc) is 2.56. The van der Waals surface area contributed by atoms with Gasteiger partial charge >= 0.3 is 5.97 Å². The van der Waals surface area contributed by atoms with Crippen LogP contribution in [0.1, 0.15) is 37.0 Å². The minimum absolute atomic E-state index is 0.148. The third kappa shape index (κ3) is 7.07. The van der Waals surface area contributed by atoms with Crippen molar-refractivity contribution in [2.45, 2.75) is 26.7 Å². The smallest absolute Gasteiger partial charge is 0.307 e. The molecule has 0 saturated carbocycles. The number of benzene rings is 1. The Morgan fingerprint density at radius 1 is 1.08 bits per heavy atom. The molecule has 0 spiro atoms. The van der Waals surface area contributed by atoms with Crippen LogP contribution in [0.5, 0.6) is 0 Å². The van der Waals surface area contributed by atoms with E-state index in [-0.39, 0.29) is 24.8 Å². The topological polar surface area (TPSA) is 55.8 Å². The van der Waals surface area contributed by atoms with Crippen LogP contribution in [-0.2, 0) is 14.3 Å². The lowest BCUT2D eigenvalue weighted by molar-refractivity contribution is -0.143. The second kappa shape index (κ2) is 11.3. The molecule has 0 aliphatic heterocycles. The van der Waals surface area contributed by atoms with E-state index in [1.165, 1.54) is 6.07 Å². The van der Waals surface area contributed by atoms with Crippen molar-refractivity contribution in [3.8, 4) is 0 Å². The number of ether oxygens (including phenoxy) is 2. The zero-order valence-electron chi connectivity index (χ0n) is 14.0. The zero-order valence-corrected chi connectivity index (χ0v) is 15.5. The van der Waals surface area contributed by atoms with Gasteiger partial charge in [0.15, 0.2) is 0 Å². The fraction of sp³-hybridized carbons (Fsp3) is 0.529. The summed E-state index contributed by atoms with van der Waals surface area (Å²) < 4.78 is 10.2. The Balaban J connectivity index is 2.75.